The minimum atomic E-state index is -0.478. The Hall–Kier alpha value is -1.46. The zero-order chi connectivity index (χ0) is 13.0. The number of carbonyl (C=O) groups excluding carboxylic acids is 1. The molecule has 17 heavy (non-hydrogen) atoms. The molecule has 0 saturated heterocycles. The van der Waals surface area contributed by atoms with Gasteiger partial charge in [0, 0.05) is 6.92 Å². The van der Waals surface area contributed by atoms with Crippen LogP contribution in [0.3, 0.4) is 0 Å². The number of carbonyl (C=O) groups is 1. The summed E-state index contributed by atoms with van der Waals surface area (Å²) in [5.74, 6) is -0.136. The van der Waals surface area contributed by atoms with E-state index in [1.54, 1.807) is 0 Å². The fourth-order valence-corrected chi connectivity index (χ4v) is 1.36. The van der Waals surface area contributed by atoms with Gasteiger partial charge in [0.15, 0.2) is 0 Å². The molecule has 1 heterocycles. The molecule has 0 aliphatic rings. The van der Waals surface area contributed by atoms with Crippen LogP contribution in [0, 0.1) is 0 Å². The van der Waals surface area contributed by atoms with Crippen LogP contribution in [0.4, 0.5) is 5.82 Å². The molecule has 0 atom stereocenters. The number of ether oxygens (including phenoxy) is 2. The van der Waals surface area contributed by atoms with E-state index in [0.29, 0.717) is 0 Å². The minimum Gasteiger partial charge on any atom is -0.468 e. The summed E-state index contributed by atoms with van der Waals surface area (Å²) >= 11 is 11.5. The quantitative estimate of drug-likeness (QED) is 0.675. The molecular weight excluding hydrogens is 267 g/mol. The Labute approximate surface area is 108 Å². The number of halogens is 2. The van der Waals surface area contributed by atoms with Gasteiger partial charge in [-0.2, -0.15) is 4.98 Å². The van der Waals surface area contributed by atoms with Crippen LogP contribution < -0.4 is 10.5 Å². The summed E-state index contributed by atoms with van der Waals surface area (Å²) in [5.41, 5.74) is 5.49. The number of nitrogen functional groups attached to an aromatic ring is 1. The Morgan fingerprint density at radius 3 is 2.76 bits per heavy atom. The van der Waals surface area contributed by atoms with Crippen molar-refractivity contribution in [1.29, 1.82) is 0 Å². The Kier molecular flexibility index (Phi) is 4.60. The first-order chi connectivity index (χ1) is 7.90. The van der Waals surface area contributed by atoms with E-state index in [0.717, 1.165) is 0 Å². The molecule has 0 aliphatic heterocycles. The number of nitrogens with zero attached hydrogens (tertiary/aromatic N) is 1. The maximum Gasteiger partial charge on any atom is 0.307 e. The van der Waals surface area contributed by atoms with E-state index in [-0.39, 0.29) is 34.1 Å². The monoisotopic (exact) mass is 276 g/mol. The average molecular weight is 277 g/mol. The molecule has 0 bridgehead atoms. The molecule has 7 heteroatoms. The summed E-state index contributed by atoms with van der Waals surface area (Å²) in [5, 5.41) is 0.445. The molecule has 1 aromatic heterocycles. The predicted octanol–water partition coefficient (Wildman–Crippen LogP) is 2.43. The van der Waals surface area contributed by atoms with Gasteiger partial charge in [0.25, 0.3) is 0 Å². The van der Waals surface area contributed by atoms with Crippen LogP contribution >= 0.6 is 23.2 Å². The fourth-order valence-electron chi connectivity index (χ4n) is 0.946. The number of pyridine rings is 1. The van der Waals surface area contributed by atoms with Crippen molar-refractivity contribution < 1.29 is 14.3 Å². The van der Waals surface area contributed by atoms with Crippen molar-refractivity contribution >= 4 is 35.0 Å². The molecular formula is C10H10Cl2N2O3. The number of esters is 1. The van der Waals surface area contributed by atoms with Crippen LogP contribution in [0.5, 0.6) is 5.88 Å². The summed E-state index contributed by atoms with van der Waals surface area (Å²) in [4.78, 5) is 14.4. The van der Waals surface area contributed by atoms with Crippen LogP contribution in [0.1, 0.15) is 6.92 Å². The van der Waals surface area contributed by atoms with Gasteiger partial charge in [0.05, 0.1) is 5.02 Å². The Morgan fingerprint density at radius 2 is 2.18 bits per heavy atom. The zero-order valence-electron chi connectivity index (χ0n) is 9.00. The molecule has 0 aromatic carbocycles. The van der Waals surface area contributed by atoms with Crippen molar-refractivity contribution in [2.45, 2.75) is 6.92 Å². The largest absolute Gasteiger partial charge is 0.468 e. The summed E-state index contributed by atoms with van der Waals surface area (Å²) in [6.07, 6.45) is 0. The zero-order valence-corrected chi connectivity index (χ0v) is 10.5. The van der Waals surface area contributed by atoms with E-state index >= 15 is 0 Å². The van der Waals surface area contributed by atoms with Crippen molar-refractivity contribution in [3.8, 4) is 5.88 Å². The van der Waals surface area contributed by atoms with E-state index in [1.165, 1.54) is 13.0 Å². The summed E-state index contributed by atoms with van der Waals surface area (Å²) in [6, 6.07) is 1.41. The summed E-state index contributed by atoms with van der Waals surface area (Å²) in [7, 11) is 0. The molecule has 0 fully saturated rings. The lowest BCUT2D eigenvalue weighted by Gasteiger charge is -2.09. The van der Waals surface area contributed by atoms with Gasteiger partial charge >= 0.3 is 5.97 Å². The highest BCUT2D eigenvalue weighted by molar-refractivity contribution is 6.36. The number of anilines is 1. The molecule has 1 aromatic rings. The highest BCUT2D eigenvalue weighted by Gasteiger charge is 2.09. The van der Waals surface area contributed by atoms with Crippen LogP contribution in [-0.2, 0) is 9.53 Å². The van der Waals surface area contributed by atoms with E-state index in [4.69, 9.17) is 33.7 Å². The van der Waals surface area contributed by atoms with Gasteiger partial charge in [-0.25, -0.2) is 0 Å². The second kappa shape index (κ2) is 5.75. The third kappa shape index (κ3) is 4.13. The number of rotatable bonds is 4. The molecule has 92 valence electrons. The lowest BCUT2D eigenvalue weighted by atomic mass is 10.4. The second-order valence-corrected chi connectivity index (χ2v) is 3.88. The first kappa shape index (κ1) is 13.6. The van der Waals surface area contributed by atoms with Gasteiger partial charge in [-0.1, -0.05) is 29.8 Å². The normalized spacial score (nSPS) is 9.82. The van der Waals surface area contributed by atoms with Crippen molar-refractivity contribution in [3.63, 3.8) is 0 Å². The molecule has 0 radical (unpaired) electrons. The molecule has 5 nitrogen and oxygen atoms in total. The summed E-state index contributed by atoms with van der Waals surface area (Å²) in [6.45, 7) is 4.68. The molecule has 2 N–H and O–H groups in total. The summed E-state index contributed by atoms with van der Waals surface area (Å²) < 4.78 is 9.86. The number of nitrogens with two attached hydrogens (primary N) is 1. The van der Waals surface area contributed by atoms with Crippen LogP contribution in [-0.4, -0.2) is 17.6 Å². The van der Waals surface area contributed by atoms with Gasteiger partial charge in [0.2, 0.25) is 5.88 Å². The van der Waals surface area contributed by atoms with E-state index in [9.17, 15) is 4.79 Å². The Bertz CT molecular complexity index is 463. The topological polar surface area (TPSA) is 74.4 Å². The van der Waals surface area contributed by atoms with E-state index < -0.39 is 5.97 Å². The van der Waals surface area contributed by atoms with Crippen LogP contribution in [0.25, 0.3) is 0 Å². The van der Waals surface area contributed by atoms with Gasteiger partial charge in [-0.3, -0.25) is 4.79 Å². The lowest BCUT2D eigenvalue weighted by Crippen LogP contribution is -2.08. The van der Waals surface area contributed by atoms with Crippen LogP contribution in [0.15, 0.2) is 18.4 Å². The van der Waals surface area contributed by atoms with Gasteiger partial charge < -0.3 is 15.2 Å². The maximum atomic E-state index is 10.6. The highest BCUT2D eigenvalue weighted by Crippen LogP contribution is 2.29. The molecule has 0 amide bonds. The third-order valence-electron chi connectivity index (χ3n) is 1.58. The first-order valence-electron chi connectivity index (χ1n) is 4.50. The Morgan fingerprint density at radius 1 is 1.53 bits per heavy atom. The van der Waals surface area contributed by atoms with Crippen molar-refractivity contribution in [1.82, 2.24) is 4.98 Å². The van der Waals surface area contributed by atoms with Crippen LogP contribution in [0.2, 0.25) is 10.0 Å². The predicted molar refractivity (Wildman–Crippen MR) is 65.1 cm³/mol. The molecule has 1 rings (SSSR count). The second-order valence-electron chi connectivity index (χ2n) is 3.06. The molecule has 0 spiro atoms. The maximum absolute atomic E-state index is 10.6. The average Bonchev–Trinajstić information content (AvgIpc) is 2.20. The number of aromatic nitrogens is 1. The van der Waals surface area contributed by atoms with E-state index in [2.05, 4.69) is 16.3 Å². The van der Waals surface area contributed by atoms with Crippen molar-refractivity contribution in [2.75, 3.05) is 12.3 Å². The van der Waals surface area contributed by atoms with Gasteiger partial charge in [-0.15, -0.1) is 0 Å². The SMILES string of the molecule is C=C(COc1nc(N)c(Cl)cc1Cl)OC(C)=O. The Balaban J connectivity index is 2.66. The molecule has 0 unspecified atom stereocenters. The van der Waals surface area contributed by atoms with Gasteiger partial charge in [-0.05, 0) is 6.07 Å². The smallest absolute Gasteiger partial charge is 0.307 e. The molecule has 0 aliphatic carbocycles. The fraction of sp³-hybridized carbons (Fsp3) is 0.200. The lowest BCUT2D eigenvalue weighted by molar-refractivity contribution is -0.137. The first-order valence-corrected chi connectivity index (χ1v) is 5.26. The van der Waals surface area contributed by atoms with E-state index in [1.807, 2.05) is 0 Å². The van der Waals surface area contributed by atoms with Crippen molar-refractivity contribution in [2.24, 2.45) is 0 Å². The molecule has 0 saturated carbocycles. The third-order valence-corrected chi connectivity index (χ3v) is 2.16. The minimum absolute atomic E-state index is 0.0621. The highest BCUT2D eigenvalue weighted by atomic mass is 35.5. The number of hydrogen-bond donors (Lipinski definition) is 1. The number of hydrogen-bond acceptors (Lipinski definition) is 5. The standard InChI is InChI=1S/C10H10Cl2N2O3/c1-5(17-6(2)15)4-16-10-8(12)3-7(11)9(13)14-10/h3H,1,4H2,2H3,(H2,13,14). The van der Waals surface area contributed by atoms with Crippen molar-refractivity contribution in [3.05, 3.63) is 28.4 Å². The van der Waals surface area contributed by atoms with Gasteiger partial charge in [0.1, 0.15) is 23.2 Å².